The minimum Gasteiger partial charge on any atom is -0.329 e. The minimum atomic E-state index is -4.61. The van der Waals surface area contributed by atoms with Crippen LogP contribution in [0.15, 0.2) is 18.2 Å². The van der Waals surface area contributed by atoms with Gasteiger partial charge in [0, 0.05) is 12.6 Å². The van der Waals surface area contributed by atoms with Crippen molar-refractivity contribution in [2.75, 3.05) is 6.54 Å². The largest absolute Gasteiger partial charge is 0.416 e. The van der Waals surface area contributed by atoms with Crippen molar-refractivity contribution >= 4 is 0 Å². The molecule has 2 unspecified atom stereocenters. The van der Waals surface area contributed by atoms with Crippen LogP contribution in [0.1, 0.15) is 36.9 Å². The van der Waals surface area contributed by atoms with E-state index in [-0.39, 0.29) is 18.2 Å². The van der Waals surface area contributed by atoms with Crippen LogP contribution in [0.2, 0.25) is 0 Å². The number of nitrogens with one attached hydrogen (secondary N) is 1. The quantitative estimate of drug-likeness (QED) is 0.625. The van der Waals surface area contributed by atoms with Gasteiger partial charge in [-0.15, -0.1) is 6.42 Å². The highest BCUT2D eigenvalue weighted by atomic mass is 19.4. The summed E-state index contributed by atoms with van der Waals surface area (Å²) in [5.74, 6) is 1.56. The Hall–Kier alpha value is -1.58. The summed E-state index contributed by atoms with van der Waals surface area (Å²) in [6.07, 6.45) is 2.23. The highest BCUT2D eigenvalue weighted by Crippen LogP contribution is 2.31. The van der Waals surface area contributed by atoms with E-state index in [1.807, 2.05) is 6.92 Å². The second-order valence-electron chi connectivity index (χ2n) is 4.73. The van der Waals surface area contributed by atoms with Gasteiger partial charge < -0.3 is 5.73 Å². The average molecular weight is 302 g/mol. The standard InChI is InChI=1S/C15H18F4N2/c1-3-5-13(4-2)21-14(9-20)10-6-11(15(17,18)19)8-12(16)7-10/h2,6-8,13-14,21H,3,5,9,20H2,1H3. The maximum absolute atomic E-state index is 13.4. The van der Waals surface area contributed by atoms with Gasteiger partial charge >= 0.3 is 6.18 Å². The van der Waals surface area contributed by atoms with Crippen molar-refractivity contribution in [1.82, 2.24) is 5.32 Å². The lowest BCUT2D eigenvalue weighted by molar-refractivity contribution is -0.137. The summed E-state index contributed by atoms with van der Waals surface area (Å²) in [6.45, 7) is 1.95. The Morgan fingerprint density at radius 2 is 2.00 bits per heavy atom. The monoisotopic (exact) mass is 302 g/mol. The molecule has 0 saturated heterocycles. The number of alkyl halides is 3. The Morgan fingerprint density at radius 1 is 1.33 bits per heavy atom. The summed E-state index contributed by atoms with van der Waals surface area (Å²) in [5.41, 5.74) is 4.68. The predicted molar refractivity (Wildman–Crippen MR) is 73.9 cm³/mol. The van der Waals surface area contributed by atoms with E-state index in [4.69, 9.17) is 12.2 Å². The minimum absolute atomic E-state index is 0.0165. The third kappa shape index (κ3) is 5.03. The average Bonchev–Trinajstić information content (AvgIpc) is 2.41. The van der Waals surface area contributed by atoms with Crippen LogP contribution in [-0.4, -0.2) is 12.6 Å². The Morgan fingerprint density at radius 3 is 2.48 bits per heavy atom. The molecule has 3 N–H and O–H groups in total. The molecule has 0 spiro atoms. The normalized spacial score (nSPS) is 14.5. The first-order chi connectivity index (χ1) is 9.81. The van der Waals surface area contributed by atoms with E-state index >= 15 is 0 Å². The van der Waals surface area contributed by atoms with Crippen LogP contribution in [0.5, 0.6) is 0 Å². The zero-order chi connectivity index (χ0) is 16.0. The van der Waals surface area contributed by atoms with Crippen molar-refractivity contribution in [3.8, 4) is 12.3 Å². The molecule has 21 heavy (non-hydrogen) atoms. The van der Waals surface area contributed by atoms with Crippen molar-refractivity contribution in [1.29, 1.82) is 0 Å². The summed E-state index contributed by atoms with van der Waals surface area (Å²) in [7, 11) is 0. The van der Waals surface area contributed by atoms with Crippen LogP contribution in [0.3, 0.4) is 0 Å². The molecule has 1 aromatic rings. The van der Waals surface area contributed by atoms with Gasteiger partial charge in [-0.05, 0) is 30.2 Å². The van der Waals surface area contributed by atoms with Crippen molar-refractivity contribution in [2.45, 2.75) is 38.0 Å². The second-order valence-corrected chi connectivity index (χ2v) is 4.73. The van der Waals surface area contributed by atoms with Gasteiger partial charge in [-0.2, -0.15) is 13.2 Å². The van der Waals surface area contributed by atoms with Crippen molar-refractivity contribution in [2.24, 2.45) is 5.73 Å². The molecule has 0 aliphatic heterocycles. The number of halogens is 4. The Labute approximate surface area is 121 Å². The Kier molecular flexibility index (Phi) is 6.19. The molecule has 0 amide bonds. The van der Waals surface area contributed by atoms with Crippen molar-refractivity contribution in [3.05, 3.63) is 35.1 Å². The van der Waals surface area contributed by atoms with Gasteiger partial charge in [0.05, 0.1) is 11.6 Å². The molecule has 2 nitrogen and oxygen atoms in total. The third-order valence-electron chi connectivity index (χ3n) is 3.07. The lowest BCUT2D eigenvalue weighted by Gasteiger charge is -2.22. The molecule has 6 heteroatoms. The highest BCUT2D eigenvalue weighted by Gasteiger charge is 2.32. The first-order valence-corrected chi connectivity index (χ1v) is 6.61. The van der Waals surface area contributed by atoms with Gasteiger partial charge in [0.25, 0.3) is 0 Å². The maximum Gasteiger partial charge on any atom is 0.416 e. The topological polar surface area (TPSA) is 38.0 Å². The summed E-state index contributed by atoms with van der Waals surface area (Å²) >= 11 is 0. The van der Waals surface area contributed by atoms with E-state index in [0.29, 0.717) is 12.5 Å². The molecule has 116 valence electrons. The zero-order valence-electron chi connectivity index (χ0n) is 11.7. The smallest absolute Gasteiger partial charge is 0.329 e. The number of hydrogen-bond donors (Lipinski definition) is 2. The fraction of sp³-hybridized carbons (Fsp3) is 0.467. The fourth-order valence-electron chi connectivity index (χ4n) is 2.02. The molecular formula is C15H18F4N2. The summed E-state index contributed by atoms with van der Waals surface area (Å²) in [6, 6.07) is 1.45. The second kappa shape index (κ2) is 7.43. The first kappa shape index (κ1) is 17.5. The molecule has 0 aromatic heterocycles. The first-order valence-electron chi connectivity index (χ1n) is 6.61. The number of rotatable bonds is 6. The van der Waals surface area contributed by atoms with Crippen molar-refractivity contribution in [3.63, 3.8) is 0 Å². The van der Waals surface area contributed by atoms with Crippen LogP contribution in [0.4, 0.5) is 17.6 Å². The third-order valence-corrected chi connectivity index (χ3v) is 3.07. The Balaban J connectivity index is 3.06. The zero-order valence-corrected chi connectivity index (χ0v) is 11.7. The van der Waals surface area contributed by atoms with Crippen molar-refractivity contribution < 1.29 is 17.6 Å². The van der Waals surface area contributed by atoms with Gasteiger partial charge in [0.15, 0.2) is 0 Å². The number of terminal acetylenes is 1. The molecule has 0 saturated carbocycles. The van der Waals surface area contributed by atoms with E-state index in [9.17, 15) is 17.6 Å². The van der Waals surface area contributed by atoms with Gasteiger partial charge in [0.1, 0.15) is 5.82 Å². The highest BCUT2D eigenvalue weighted by molar-refractivity contribution is 5.29. The molecule has 0 aliphatic rings. The predicted octanol–water partition coefficient (Wildman–Crippen LogP) is 3.24. The molecule has 0 heterocycles. The van der Waals surface area contributed by atoms with Crippen LogP contribution in [-0.2, 0) is 6.18 Å². The lowest BCUT2D eigenvalue weighted by atomic mass is 10.0. The Bertz CT molecular complexity index is 505. The van der Waals surface area contributed by atoms with Crippen LogP contribution >= 0.6 is 0 Å². The molecule has 0 radical (unpaired) electrons. The molecule has 0 bridgehead atoms. The molecule has 2 atom stereocenters. The van der Waals surface area contributed by atoms with Gasteiger partial charge in [-0.25, -0.2) is 4.39 Å². The SMILES string of the molecule is C#CC(CCC)NC(CN)c1cc(F)cc(C(F)(F)F)c1. The number of hydrogen-bond acceptors (Lipinski definition) is 2. The van der Waals surface area contributed by atoms with Crippen LogP contribution in [0, 0.1) is 18.2 Å². The summed E-state index contributed by atoms with van der Waals surface area (Å²) in [4.78, 5) is 0. The molecule has 0 aliphatic carbocycles. The number of nitrogens with two attached hydrogens (primary N) is 1. The van der Waals surface area contributed by atoms with E-state index in [2.05, 4.69) is 11.2 Å². The van der Waals surface area contributed by atoms with E-state index in [1.165, 1.54) is 0 Å². The van der Waals surface area contributed by atoms with Gasteiger partial charge in [-0.3, -0.25) is 5.32 Å². The van der Waals surface area contributed by atoms with E-state index in [0.717, 1.165) is 18.6 Å². The molecular weight excluding hydrogens is 284 g/mol. The maximum atomic E-state index is 13.4. The van der Waals surface area contributed by atoms with Gasteiger partial charge in [0.2, 0.25) is 0 Å². The summed E-state index contributed by atoms with van der Waals surface area (Å²) < 4.78 is 51.6. The van der Waals surface area contributed by atoms with Crippen LogP contribution < -0.4 is 11.1 Å². The lowest BCUT2D eigenvalue weighted by Crippen LogP contribution is -2.36. The molecule has 1 rings (SSSR count). The fourth-order valence-corrected chi connectivity index (χ4v) is 2.02. The van der Waals surface area contributed by atoms with E-state index in [1.54, 1.807) is 0 Å². The van der Waals surface area contributed by atoms with Gasteiger partial charge in [-0.1, -0.05) is 19.3 Å². The molecule has 1 aromatic carbocycles. The molecule has 0 fully saturated rings. The van der Waals surface area contributed by atoms with E-state index < -0.39 is 23.6 Å². The number of benzene rings is 1. The van der Waals surface area contributed by atoms with Crippen LogP contribution in [0.25, 0.3) is 0 Å². The summed E-state index contributed by atoms with van der Waals surface area (Å²) in [5, 5.41) is 2.98.